The van der Waals surface area contributed by atoms with Crippen molar-refractivity contribution in [3.63, 3.8) is 0 Å². The van der Waals surface area contributed by atoms with Crippen molar-refractivity contribution in [1.82, 2.24) is 15.3 Å². The summed E-state index contributed by atoms with van der Waals surface area (Å²) in [4.78, 5) is 20.4. The number of hydrogen-bond donors (Lipinski definition) is 2. The van der Waals surface area contributed by atoms with Gasteiger partial charge < -0.3 is 10.4 Å². The van der Waals surface area contributed by atoms with E-state index in [1.807, 2.05) is 0 Å². The molecule has 0 radical (unpaired) electrons. The first-order valence-electron chi connectivity index (χ1n) is 9.01. The first-order chi connectivity index (χ1) is 14.0. The number of carbonyl (C=O) groups excluding carboxylic acids is 1. The maximum atomic E-state index is 13.6. The fraction of sp³-hybridized carbons (Fsp3) is 0.421. The molecule has 3 rings (SSSR count). The van der Waals surface area contributed by atoms with Crippen LogP contribution >= 0.6 is 23.2 Å². The van der Waals surface area contributed by atoms with Crippen LogP contribution in [0, 0.1) is 0 Å². The molecule has 162 valence electrons. The summed E-state index contributed by atoms with van der Waals surface area (Å²) in [5, 5.41) is 13.0. The summed E-state index contributed by atoms with van der Waals surface area (Å²) in [5.74, 6) is -1.04. The molecule has 0 bridgehead atoms. The number of nitrogens with zero attached hydrogens (tertiary/aromatic N) is 2. The largest absolute Gasteiger partial charge is 0.417 e. The number of alkyl halides is 4. The van der Waals surface area contributed by atoms with Gasteiger partial charge in [-0.25, -0.2) is 9.37 Å². The van der Waals surface area contributed by atoms with Crippen molar-refractivity contribution in [3.05, 3.63) is 57.6 Å². The van der Waals surface area contributed by atoms with Gasteiger partial charge in [0.05, 0.1) is 22.2 Å². The van der Waals surface area contributed by atoms with Crippen molar-refractivity contribution in [1.29, 1.82) is 0 Å². The van der Waals surface area contributed by atoms with Gasteiger partial charge in [-0.05, 0) is 37.8 Å². The zero-order valence-electron chi connectivity index (χ0n) is 15.4. The van der Waals surface area contributed by atoms with E-state index in [1.165, 1.54) is 18.5 Å². The van der Waals surface area contributed by atoms with Crippen LogP contribution in [0.4, 0.5) is 17.6 Å². The lowest BCUT2D eigenvalue weighted by atomic mass is 9.76. The summed E-state index contributed by atoms with van der Waals surface area (Å²) in [5.41, 5.74) is -3.20. The van der Waals surface area contributed by atoms with Crippen LogP contribution < -0.4 is 5.32 Å². The predicted molar refractivity (Wildman–Crippen MR) is 102 cm³/mol. The third-order valence-corrected chi connectivity index (χ3v) is 5.84. The van der Waals surface area contributed by atoms with Crippen LogP contribution in [0.15, 0.2) is 30.7 Å². The highest BCUT2D eigenvalue weighted by Gasteiger charge is 2.44. The normalized spacial score (nSPS) is 23.1. The molecule has 1 saturated carbocycles. The first kappa shape index (κ1) is 22.7. The number of amides is 1. The number of rotatable bonds is 4. The Kier molecular flexibility index (Phi) is 6.54. The van der Waals surface area contributed by atoms with Gasteiger partial charge in [0.25, 0.3) is 5.91 Å². The highest BCUT2D eigenvalue weighted by molar-refractivity contribution is 6.34. The Morgan fingerprint density at radius 3 is 2.50 bits per heavy atom. The molecule has 1 aliphatic rings. The Labute approximate surface area is 179 Å². The van der Waals surface area contributed by atoms with E-state index in [0.717, 1.165) is 6.20 Å². The summed E-state index contributed by atoms with van der Waals surface area (Å²) in [6.07, 6.45) is -2.19. The Balaban J connectivity index is 1.98. The topological polar surface area (TPSA) is 75.1 Å². The Hall–Kier alpha value is -1.97. The first-order valence-corrected chi connectivity index (χ1v) is 9.77. The maximum Gasteiger partial charge on any atom is 0.417 e. The summed E-state index contributed by atoms with van der Waals surface area (Å²) in [7, 11) is 0. The highest BCUT2D eigenvalue weighted by atomic mass is 35.5. The zero-order valence-corrected chi connectivity index (χ0v) is 16.9. The van der Waals surface area contributed by atoms with Crippen molar-refractivity contribution >= 4 is 29.1 Å². The van der Waals surface area contributed by atoms with E-state index in [-0.39, 0.29) is 36.3 Å². The fourth-order valence-electron chi connectivity index (χ4n) is 3.50. The molecular formula is C19H17Cl2F4N3O2. The number of carbonyl (C=O) groups is 1. The van der Waals surface area contributed by atoms with Gasteiger partial charge in [0.15, 0.2) is 0 Å². The summed E-state index contributed by atoms with van der Waals surface area (Å²) in [6, 6.07) is 0.937. The number of aliphatic hydroxyl groups is 1. The average Bonchev–Trinajstić information content (AvgIpc) is 2.68. The van der Waals surface area contributed by atoms with Crippen molar-refractivity contribution in [2.75, 3.05) is 0 Å². The molecule has 0 saturated heterocycles. The second-order valence-corrected chi connectivity index (χ2v) is 7.89. The number of hydrogen-bond acceptors (Lipinski definition) is 4. The molecule has 1 aliphatic carbocycles. The van der Waals surface area contributed by atoms with E-state index in [1.54, 1.807) is 0 Å². The molecule has 1 amide bonds. The molecule has 0 spiro atoms. The summed E-state index contributed by atoms with van der Waals surface area (Å²) in [6.45, 7) is 0. The quantitative estimate of drug-likeness (QED) is 0.628. The average molecular weight is 466 g/mol. The minimum Gasteiger partial charge on any atom is -0.387 e. The molecule has 30 heavy (non-hydrogen) atoms. The van der Waals surface area contributed by atoms with Crippen LogP contribution in [0.3, 0.4) is 0 Å². The van der Waals surface area contributed by atoms with Gasteiger partial charge in [0, 0.05) is 29.2 Å². The van der Waals surface area contributed by atoms with Gasteiger partial charge in [-0.2, -0.15) is 13.2 Å². The van der Waals surface area contributed by atoms with Crippen molar-refractivity contribution in [2.24, 2.45) is 0 Å². The zero-order chi connectivity index (χ0) is 22.1. The molecule has 1 atom stereocenters. The van der Waals surface area contributed by atoms with E-state index in [9.17, 15) is 27.5 Å². The SMILES string of the molecule is O=C(NC(c1cnccc1Cl)[C@]1(O)CC[C@@H](F)CC1)c1nccc(C(F)(F)F)c1Cl. The molecule has 2 aromatic heterocycles. The molecule has 2 aromatic rings. The Bertz CT molecular complexity index is 934. The standard InChI is InChI=1S/C19H17Cl2F4N3O2/c20-13-4-7-26-9-11(13)16(18(30)5-1-10(22)2-6-18)28-17(29)15-14(21)12(3-8-27-15)19(23,24)25/h3-4,7-10,16,30H,1-2,5-6H2,(H,28,29)/t10-,16?,18+. The molecule has 11 heteroatoms. The van der Waals surface area contributed by atoms with Crippen LogP contribution in [0.25, 0.3) is 0 Å². The lowest BCUT2D eigenvalue weighted by Crippen LogP contribution is -2.49. The lowest BCUT2D eigenvalue weighted by Gasteiger charge is -2.40. The van der Waals surface area contributed by atoms with Gasteiger partial charge in [0.1, 0.15) is 11.9 Å². The second kappa shape index (κ2) is 8.64. The number of halogens is 6. The van der Waals surface area contributed by atoms with Crippen LogP contribution in [0.2, 0.25) is 10.0 Å². The van der Waals surface area contributed by atoms with E-state index >= 15 is 0 Å². The maximum absolute atomic E-state index is 13.6. The Morgan fingerprint density at radius 1 is 1.23 bits per heavy atom. The number of aromatic nitrogens is 2. The fourth-order valence-corrected chi connectivity index (χ4v) is 4.01. The number of nitrogens with one attached hydrogen (secondary N) is 1. The van der Waals surface area contributed by atoms with Gasteiger partial charge in [-0.1, -0.05) is 23.2 Å². The van der Waals surface area contributed by atoms with Crippen LogP contribution in [0.5, 0.6) is 0 Å². The van der Waals surface area contributed by atoms with E-state index in [4.69, 9.17) is 23.2 Å². The minimum atomic E-state index is -4.78. The second-order valence-electron chi connectivity index (χ2n) is 7.10. The molecule has 0 aliphatic heterocycles. The molecule has 1 fully saturated rings. The molecule has 2 heterocycles. The van der Waals surface area contributed by atoms with E-state index in [0.29, 0.717) is 6.07 Å². The molecule has 1 unspecified atom stereocenters. The lowest BCUT2D eigenvalue weighted by molar-refractivity contribution is -0.137. The molecule has 0 aromatic carbocycles. The third kappa shape index (κ3) is 4.68. The summed E-state index contributed by atoms with van der Waals surface area (Å²) < 4.78 is 53.0. The van der Waals surface area contributed by atoms with Gasteiger partial charge in [-0.15, -0.1) is 0 Å². The van der Waals surface area contributed by atoms with E-state index < -0.39 is 46.2 Å². The molecule has 2 N–H and O–H groups in total. The van der Waals surface area contributed by atoms with E-state index in [2.05, 4.69) is 15.3 Å². The van der Waals surface area contributed by atoms with Crippen LogP contribution in [-0.4, -0.2) is 32.8 Å². The Morgan fingerprint density at radius 2 is 1.90 bits per heavy atom. The van der Waals surface area contributed by atoms with Gasteiger partial charge in [-0.3, -0.25) is 9.78 Å². The summed E-state index contributed by atoms with van der Waals surface area (Å²) >= 11 is 12.0. The monoisotopic (exact) mass is 465 g/mol. The van der Waals surface area contributed by atoms with Crippen molar-refractivity contribution in [3.8, 4) is 0 Å². The van der Waals surface area contributed by atoms with Gasteiger partial charge >= 0.3 is 6.18 Å². The minimum absolute atomic E-state index is 0.00802. The smallest absolute Gasteiger partial charge is 0.387 e. The highest BCUT2D eigenvalue weighted by Crippen LogP contribution is 2.42. The third-order valence-electron chi connectivity index (χ3n) is 5.11. The van der Waals surface area contributed by atoms with Crippen LogP contribution in [0.1, 0.15) is 53.3 Å². The number of pyridine rings is 2. The van der Waals surface area contributed by atoms with Gasteiger partial charge in [0.2, 0.25) is 0 Å². The van der Waals surface area contributed by atoms with Crippen molar-refractivity contribution < 1.29 is 27.5 Å². The van der Waals surface area contributed by atoms with Crippen molar-refractivity contribution in [2.45, 2.75) is 49.7 Å². The molecular weight excluding hydrogens is 449 g/mol. The molecule has 5 nitrogen and oxygen atoms in total. The predicted octanol–water partition coefficient (Wildman–Crippen LogP) is 4.92. The van der Waals surface area contributed by atoms with Crippen LogP contribution in [-0.2, 0) is 6.18 Å².